The van der Waals surface area contributed by atoms with E-state index in [9.17, 15) is 0 Å². The first-order valence-electron chi connectivity index (χ1n) is 10.0. The van der Waals surface area contributed by atoms with E-state index in [1.807, 2.05) is 52.1 Å². The molecular formula is C23H35N3O3. The van der Waals surface area contributed by atoms with Crippen LogP contribution in [0.2, 0.25) is 0 Å². The van der Waals surface area contributed by atoms with Crippen LogP contribution in [0.5, 0.6) is 11.6 Å². The van der Waals surface area contributed by atoms with Gasteiger partial charge in [-0.05, 0) is 37.5 Å². The van der Waals surface area contributed by atoms with Gasteiger partial charge in [-0.1, -0.05) is 27.7 Å². The van der Waals surface area contributed by atoms with Crippen LogP contribution in [0.3, 0.4) is 0 Å². The molecule has 0 unspecified atom stereocenters. The van der Waals surface area contributed by atoms with Crippen molar-refractivity contribution in [3.05, 3.63) is 35.7 Å². The highest BCUT2D eigenvalue weighted by Gasteiger charge is 2.18. The van der Waals surface area contributed by atoms with Crippen LogP contribution in [-0.2, 0) is 4.74 Å². The average molecular weight is 402 g/mol. The molecule has 1 N–H and O–H groups in total. The van der Waals surface area contributed by atoms with Crippen molar-refractivity contribution >= 4 is 11.0 Å². The monoisotopic (exact) mass is 401 g/mol. The van der Waals surface area contributed by atoms with E-state index in [0.717, 1.165) is 40.2 Å². The summed E-state index contributed by atoms with van der Waals surface area (Å²) in [6.07, 6.45) is 1.94. The van der Waals surface area contributed by atoms with Crippen molar-refractivity contribution in [2.75, 3.05) is 27.9 Å². The van der Waals surface area contributed by atoms with Crippen LogP contribution in [-0.4, -0.2) is 42.9 Å². The van der Waals surface area contributed by atoms with Gasteiger partial charge in [0.2, 0.25) is 5.88 Å². The zero-order valence-electron chi connectivity index (χ0n) is 19.2. The number of nitrogens with one attached hydrogen (secondary N) is 1. The van der Waals surface area contributed by atoms with Crippen molar-refractivity contribution in [1.82, 2.24) is 15.0 Å². The standard InChI is InChI=1S/C18H21N3O2.C3H8O.C2H6/c1-10(2)13-7-6-12(18(20-13)23-5)17-15(22-4)8-14-16(21-17)11(3)9-19-14;1-3-4-2;1-2/h6-10,19H,1-5H3;3H2,1-2H3;1-2H3. The van der Waals surface area contributed by atoms with E-state index in [0.29, 0.717) is 17.5 Å². The summed E-state index contributed by atoms with van der Waals surface area (Å²) in [5.41, 5.74) is 5.53. The van der Waals surface area contributed by atoms with E-state index in [1.54, 1.807) is 21.3 Å². The van der Waals surface area contributed by atoms with E-state index in [1.165, 1.54) is 0 Å². The highest BCUT2D eigenvalue weighted by molar-refractivity contribution is 5.85. The van der Waals surface area contributed by atoms with Crippen LogP contribution in [0.4, 0.5) is 0 Å². The fourth-order valence-corrected chi connectivity index (χ4v) is 2.62. The molecule has 3 aromatic rings. The molecule has 3 heterocycles. The van der Waals surface area contributed by atoms with Crippen LogP contribution in [0.15, 0.2) is 24.4 Å². The lowest BCUT2D eigenvalue weighted by atomic mass is 10.1. The molecule has 0 saturated carbocycles. The Kier molecular flexibility index (Phi) is 10.2. The van der Waals surface area contributed by atoms with Gasteiger partial charge in [0.05, 0.1) is 30.8 Å². The third-order valence-electron chi connectivity index (χ3n) is 4.24. The number of aromatic amines is 1. The molecule has 0 saturated heterocycles. The summed E-state index contributed by atoms with van der Waals surface area (Å²) in [5.74, 6) is 1.59. The summed E-state index contributed by atoms with van der Waals surface area (Å²) in [4.78, 5) is 12.6. The van der Waals surface area contributed by atoms with E-state index in [-0.39, 0.29) is 0 Å². The van der Waals surface area contributed by atoms with Crippen molar-refractivity contribution in [3.63, 3.8) is 0 Å². The summed E-state index contributed by atoms with van der Waals surface area (Å²) in [6.45, 7) is 13.0. The number of hydrogen-bond donors (Lipinski definition) is 1. The maximum absolute atomic E-state index is 5.53. The highest BCUT2D eigenvalue weighted by atomic mass is 16.5. The summed E-state index contributed by atoms with van der Waals surface area (Å²) in [5, 5.41) is 0. The lowest BCUT2D eigenvalue weighted by molar-refractivity contribution is 0.215. The highest BCUT2D eigenvalue weighted by Crippen LogP contribution is 2.36. The Morgan fingerprint density at radius 1 is 1.03 bits per heavy atom. The molecular weight excluding hydrogens is 366 g/mol. The minimum Gasteiger partial charge on any atom is -0.494 e. The number of hydrogen-bond acceptors (Lipinski definition) is 5. The Bertz CT molecular complexity index is 886. The van der Waals surface area contributed by atoms with Gasteiger partial charge in [0.1, 0.15) is 11.4 Å². The largest absolute Gasteiger partial charge is 0.494 e. The van der Waals surface area contributed by atoms with Crippen LogP contribution in [0, 0.1) is 6.92 Å². The fraction of sp³-hybridized carbons (Fsp3) is 0.478. The average Bonchev–Trinajstić information content (AvgIpc) is 3.13. The Morgan fingerprint density at radius 3 is 2.21 bits per heavy atom. The zero-order valence-corrected chi connectivity index (χ0v) is 19.2. The van der Waals surface area contributed by atoms with Gasteiger partial charge in [-0.15, -0.1) is 0 Å². The molecule has 0 aromatic carbocycles. The third kappa shape index (κ3) is 5.94. The van der Waals surface area contributed by atoms with Gasteiger partial charge in [-0.3, -0.25) is 0 Å². The first-order valence-corrected chi connectivity index (χ1v) is 10.0. The third-order valence-corrected chi connectivity index (χ3v) is 4.24. The number of nitrogens with zero attached hydrogens (tertiary/aromatic N) is 2. The van der Waals surface area contributed by atoms with E-state index in [2.05, 4.69) is 28.6 Å². The molecule has 0 aliphatic heterocycles. The Morgan fingerprint density at radius 2 is 1.69 bits per heavy atom. The molecule has 3 rings (SSSR count). The van der Waals surface area contributed by atoms with Crippen LogP contribution in [0.25, 0.3) is 22.3 Å². The van der Waals surface area contributed by atoms with Crippen molar-refractivity contribution in [2.24, 2.45) is 0 Å². The van der Waals surface area contributed by atoms with E-state index >= 15 is 0 Å². The zero-order chi connectivity index (χ0) is 22.0. The first kappa shape index (κ1) is 24.4. The summed E-state index contributed by atoms with van der Waals surface area (Å²) < 4.78 is 15.6. The Balaban J connectivity index is 0.000000627. The van der Waals surface area contributed by atoms with Crippen LogP contribution < -0.4 is 9.47 Å². The van der Waals surface area contributed by atoms with Gasteiger partial charge in [0.25, 0.3) is 0 Å². The van der Waals surface area contributed by atoms with E-state index < -0.39 is 0 Å². The number of rotatable bonds is 5. The second-order valence-electron chi connectivity index (χ2n) is 6.43. The summed E-state index contributed by atoms with van der Waals surface area (Å²) >= 11 is 0. The Hall–Kier alpha value is -2.60. The van der Waals surface area contributed by atoms with Gasteiger partial charge in [0, 0.05) is 31.7 Å². The molecule has 3 aromatic heterocycles. The predicted molar refractivity (Wildman–Crippen MR) is 120 cm³/mol. The molecule has 0 spiro atoms. The molecule has 0 aliphatic carbocycles. The van der Waals surface area contributed by atoms with Gasteiger partial charge in [-0.2, -0.15) is 0 Å². The second-order valence-corrected chi connectivity index (χ2v) is 6.43. The van der Waals surface area contributed by atoms with Crippen LogP contribution >= 0.6 is 0 Å². The topological polar surface area (TPSA) is 69.3 Å². The Labute approximate surface area is 174 Å². The lowest BCUT2D eigenvalue weighted by Gasteiger charge is -2.13. The quantitative estimate of drug-likeness (QED) is 0.589. The molecule has 0 radical (unpaired) electrons. The second kappa shape index (κ2) is 12.1. The minimum absolute atomic E-state index is 0.335. The van der Waals surface area contributed by atoms with Crippen molar-refractivity contribution in [2.45, 2.75) is 47.5 Å². The maximum atomic E-state index is 5.53. The molecule has 0 bridgehead atoms. The number of aryl methyl sites for hydroxylation is 1. The number of aromatic nitrogens is 3. The minimum atomic E-state index is 0.335. The number of fused-ring (bicyclic) bond motifs is 1. The molecule has 160 valence electrons. The number of ether oxygens (including phenoxy) is 3. The predicted octanol–water partition coefficient (Wildman–Crippen LogP) is 5.75. The van der Waals surface area contributed by atoms with Gasteiger partial charge >= 0.3 is 0 Å². The molecule has 0 aliphatic rings. The van der Waals surface area contributed by atoms with Gasteiger partial charge in [-0.25, -0.2) is 9.97 Å². The number of H-pyrrole nitrogens is 1. The molecule has 6 nitrogen and oxygen atoms in total. The fourth-order valence-electron chi connectivity index (χ4n) is 2.62. The normalized spacial score (nSPS) is 10.1. The molecule has 0 atom stereocenters. The molecule has 0 fully saturated rings. The molecule has 29 heavy (non-hydrogen) atoms. The molecule has 6 heteroatoms. The van der Waals surface area contributed by atoms with Crippen molar-refractivity contribution in [3.8, 4) is 22.9 Å². The lowest BCUT2D eigenvalue weighted by Crippen LogP contribution is -2.00. The van der Waals surface area contributed by atoms with Gasteiger partial charge < -0.3 is 19.2 Å². The summed E-state index contributed by atoms with van der Waals surface area (Å²) in [6, 6.07) is 5.97. The SMILES string of the molecule is CC.CCOC.COc1cc2[nH]cc(C)c2nc1-c1ccc(C(C)C)nc1OC. The summed E-state index contributed by atoms with van der Waals surface area (Å²) in [7, 11) is 4.95. The van der Waals surface area contributed by atoms with Crippen molar-refractivity contribution < 1.29 is 14.2 Å². The molecule has 0 amide bonds. The number of methoxy groups -OCH3 is 3. The smallest absolute Gasteiger partial charge is 0.223 e. The maximum Gasteiger partial charge on any atom is 0.223 e. The van der Waals surface area contributed by atoms with Crippen LogP contribution in [0.1, 0.15) is 51.8 Å². The van der Waals surface area contributed by atoms with E-state index in [4.69, 9.17) is 14.5 Å². The van der Waals surface area contributed by atoms with Gasteiger partial charge in [0.15, 0.2) is 0 Å². The number of pyridine rings is 2. The first-order chi connectivity index (χ1) is 14.0. The van der Waals surface area contributed by atoms with Crippen molar-refractivity contribution in [1.29, 1.82) is 0 Å².